The van der Waals surface area contributed by atoms with E-state index in [2.05, 4.69) is 38.0 Å². The van der Waals surface area contributed by atoms with E-state index in [-0.39, 0.29) is 6.03 Å². The number of anilines is 1. The summed E-state index contributed by atoms with van der Waals surface area (Å²) in [6, 6.07) is 13.9. The first-order valence-corrected chi connectivity index (χ1v) is 11.2. The lowest BCUT2D eigenvalue weighted by atomic mass is 10.0. The van der Waals surface area contributed by atoms with Crippen LogP contribution < -0.4 is 20.7 Å². The molecule has 0 radical (unpaired) electrons. The highest BCUT2D eigenvalue weighted by Gasteiger charge is 2.12. The molecule has 30 heavy (non-hydrogen) atoms. The molecule has 0 spiro atoms. The van der Waals surface area contributed by atoms with E-state index < -0.39 is 0 Å². The number of rotatable bonds is 7. The molecule has 1 aliphatic rings. The molecule has 3 N–H and O–H groups in total. The minimum Gasteiger partial charge on any atom is -0.493 e. The Morgan fingerprint density at radius 1 is 1.23 bits per heavy atom. The Hall–Kier alpha value is -2.68. The third-order valence-electron chi connectivity index (χ3n) is 5.03. The normalized spacial score (nSPS) is 14.6. The fourth-order valence-corrected chi connectivity index (χ4v) is 4.44. The highest BCUT2D eigenvalue weighted by Crippen LogP contribution is 2.34. The first kappa shape index (κ1) is 20.6. The lowest BCUT2D eigenvalue weighted by Crippen LogP contribution is -2.46. The maximum absolute atomic E-state index is 12.2. The van der Waals surface area contributed by atoms with Crippen LogP contribution in [0.3, 0.4) is 0 Å². The highest BCUT2D eigenvalue weighted by molar-refractivity contribution is 7.22. The van der Waals surface area contributed by atoms with Crippen molar-refractivity contribution in [2.45, 2.75) is 6.92 Å². The number of amides is 2. The van der Waals surface area contributed by atoms with Crippen LogP contribution in [0.5, 0.6) is 5.75 Å². The van der Waals surface area contributed by atoms with E-state index in [9.17, 15) is 4.79 Å². The molecule has 0 aliphatic carbocycles. The van der Waals surface area contributed by atoms with Crippen molar-refractivity contribution in [3.05, 3.63) is 42.5 Å². The highest BCUT2D eigenvalue weighted by atomic mass is 32.1. The van der Waals surface area contributed by atoms with E-state index in [1.165, 1.54) is 11.3 Å². The Morgan fingerprint density at radius 3 is 2.90 bits per heavy atom. The molecule has 0 saturated carbocycles. The van der Waals surface area contributed by atoms with Gasteiger partial charge in [0.1, 0.15) is 5.75 Å². The van der Waals surface area contributed by atoms with Crippen molar-refractivity contribution in [3.8, 4) is 16.9 Å². The average molecular weight is 426 g/mol. The van der Waals surface area contributed by atoms with Gasteiger partial charge in [0.15, 0.2) is 5.13 Å². The number of piperazine rings is 1. The van der Waals surface area contributed by atoms with Crippen LogP contribution in [0.25, 0.3) is 21.3 Å². The van der Waals surface area contributed by atoms with Gasteiger partial charge in [-0.25, -0.2) is 9.78 Å². The number of urea groups is 1. The molecule has 1 saturated heterocycles. The summed E-state index contributed by atoms with van der Waals surface area (Å²) in [5.41, 5.74) is 2.99. The number of para-hydroxylation sites is 1. The molecule has 2 heterocycles. The molecular weight excluding hydrogens is 398 g/mol. The van der Waals surface area contributed by atoms with Gasteiger partial charge in [-0.15, -0.1) is 0 Å². The lowest BCUT2D eigenvalue weighted by molar-refractivity contribution is 0.233. The number of benzene rings is 2. The largest absolute Gasteiger partial charge is 0.493 e. The fraction of sp³-hybridized carbons (Fsp3) is 0.364. The molecule has 158 valence electrons. The summed E-state index contributed by atoms with van der Waals surface area (Å²) in [6.45, 7) is 8.15. The van der Waals surface area contributed by atoms with Crippen LogP contribution in [0.2, 0.25) is 0 Å². The van der Waals surface area contributed by atoms with Crippen molar-refractivity contribution in [1.29, 1.82) is 0 Å². The predicted octanol–water partition coefficient (Wildman–Crippen LogP) is 3.39. The zero-order chi connectivity index (χ0) is 20.8. The summed E-state index contributed by atoms with van der Waals surface area (Å²) < 4.78 is 6.78. The van der Waals surface area contributed by atoms with E-state index in [1.807, 2.05) is 37.3 Å². The fourth-order valence-electron chi connectivity index (χ4n) is 3.54. The van der Waals surface area contributed by atoms with Crippen LogP contribution in [-0.2, 0) is 0 Å². The number of ether oxygens (including phenoxy) is 1. The maximum atomic E-state index is 12.2. The zero-order valence-corrected chi connectivity index (χ0v) is 17.9. The van der Waals surface area contributed by atoms with Crippen molar-refractivity contribution in [2.75, 3.05) is 51.2 Å². The summed E-state index contributed by atoms with van der Waals surface area (Å²) in [7, 11) is 0. The van der Waals surface area contributed by atoms with Gasteiger partial charge in [0.05, 0.1) is 16.8 Å². The standard InChI is InChI=1S/C22H27N5O2S/c1-2-29-19-6-4-3-5-17(19)16-7-8-18-20(15-16)30-22(25-18)26-21(28)24-11-14-27-12-9-23-10-13-27/h3-8,15,23H,2,9-14H2,1H3,(H2,24,25,26,28). The number of hydrogen-bond acceptors (Lipinski definition) is 6. The van der Waals surface area contributed by atoms with E-state index >= 15 is 0 Å². The van der Waals surface area contributed by atoms with Crippen molar-refractivity contribution in [1.82, 2.24) is 20.5 Å². The Morgan fingerprint density at radius 2 is 2.07 bits per heavy atom. The number of aromatic nitrogens is 1. The molecule has 8 heteroatoms. The number of hydrogen-bond donors (Lipinski definition) is 3. The van der Waals surface area contributed by atoms with Gasteiger partial charge in [0, 0.05) is 44.8 Å². The number of nitrogens with one attached hydrogen (secondary N) is 3. The second kappa shape index (κ2) is 9.88. The Kier molecular flexibility index (Phi) is 6.78. The van der Waals surface area contributed by atoms with E-state index in [1.54, 1.807) is 0 Å². The van der Waals surface area contributed by atoms with Crippen LogP contribution in [0.4, 0.5) is 9.93 Å². The molecule has 1 aliphatic heterocycles. The molecular formula is C22H27N5O2S. The number of carbonyl (C=O) groups is 1. The van der Waals surface area contributed by atoms with E-state index in [4.69, 9.17) is 4.74 Å². The quantitative estimate of drug-likeness (QED) is 0.541. The number of fused-ring (bicyclic) bond motifs is 1. The third-order valence-corrected chi connectivity index (χ3v) is 5.96. The van der Waals surface area contributed by atoms with Crippen molar-refractivity contribution >= 4 is 32.7 Å². The molecule has 4 rings (SSSR count). The minimum atomic E-state index is -0.217. The molecule has 2 amide bonds. The van der Waals surface area contributed by atoms with Crippen molar-refractivity contribution < 1.29 is 9.53 Å². The third kappa shape index (κ3) is 5.08. The lowest BCUT2D eigenvalue weighted by Gasteiger charge is -2.27. The van der Waals surface area contributed by atoms with Gasteiger partial charge >= 0.3 is 6.03 Å². The molecule has 0 bridgehead atoms. The van der Waals surface area contributed by atoms with Gasteiger partial charge in [0.2, 0.25) is 0 Å². The number of carbonyl (C=O) groups excluding carboxylic acids is 1. The van der Waals surface area contributed by atoms with Crippen LogP contribution in [-0.4, -0.2) is 61.8 Å². The summed E-state index contributed by atoms with van der Waals surface area (Å²) in [6.07, 6.45) is 0. The van der Waals surface area contributed by atoms with Gasteiger partial charge in [-0.3, -0.25) is 10.2 Å². The van der Waals surface area contributed by atoms with Crippen LogP contribution in [0, 0.1) is 0 Å². The minimum absolute atomic E-state index is 0.217. The summed E-state index contributed by atoms with van der Waals surface area (Å²) in [5.74, 6) is 0.867. The predicted molar refractivity (Wildman–Crippen MR) is 123 cm³/mol. The number of nitrogens with zero attached hydrogens (tertiary/aromatic N) is 2. The van der Waals surface area contributed by atoms with Crippen LogP contribution >= 0.6 is 11.3 Å². The van der Waals surface area contributed by atoms with E-state index in [0.717, 1.165) is 59.8 Å². The Balaban J connectivity index is 1.39. The van der Waals surface area contributed by atoms with Gasteiger partial charge in [-0.05, 0) is 30.7 Å². The second-order valence-corrected chi connectivity index (χ2v) is 8.13. The van der Waals surface area contributed by atoms with Gasteiger partial charge < -0.3 is 15.4 Å². The topological polar surface area (TPSA) is 78.5 Å². The molecule has 0 unspecified atom stereocenters. The first-order chi connectivity index (χ1) is 14.7. The van der Waals surface area contributed by atoms with Gasteiger partial charge in [-0.2, -0.15) is 0 Å². The van der Waals surface area contributed by atoms with Crippen LogP contribution in [0.15, 0.2) is 42.5 Å². The molecule has 3 aromatic rings. The Bertz CT molecular complexity index is 1000. The monoisotopic (exact) mass is 425 g/mol. The van der Waals surface area contributed by atoms with E-state index in [0.29, 0.717) is 18.3 Å². The molecule has 0 atom stereocenters. The first-order valence-electron chi connectivity index (χ1n) is 10.3. The second-order valence-electron chi connectivity index (χ2n) is 7.10. The Labute approximate surface area is 180 Å². The zero-order valence-electron chi connectivity index (χ0n) is 17.1. The SMILES string of the molecule is CCOc1ccccc1-c1ccc2nc(NC(=O)NCCN3CCNCC3)sc2c1. The summed E-state index contributed by atoms with van der Waals surface area (Å²) in [5, 5.41) is 9.71. The van der Waals surface area contributed by atoms with Crippen molar-refractivity contribution in [2.24, 2.45) is 0 Å². The van der Waals surface area contributed by atoms with Crippen LogP contribution in [0.1, 0.15) is 6.92 Å². The van der Waals surface area contributed by atoms with Gasteiger partial charge in [-0.1, -0.05) is 35.6 Å². The molecule has 1 fully saturated rings. The number of thiazole rings is 1. The summed E-state index contributed by atoms with van der Waals surface area (Å²) >= 11 is 1.47. The maximum Gasteiger partial charge on any atom is 0.321 e. The smallest absolute Gasteiger partial charge is 0.321 e. The summed E-state index contributed by atoms with van der Waals surface area (Å²) in [4.78, 5) is 19.1. The molecule has 2 aromatic carbocycles. The average Bonchev–Trinajstić information content (AvgIpc) is 3.16. The molecule has 7 nitrogen and oxygen atoms in total. The van der Waals surface area contributed by atoms with Crippen molar-refractivity contribution in [3.63, 3.8) is 0 Å². The molecule has 1 aromatic heterocycles. The van der Waals surface area contributed by atoms with Gasteiger partial charge in [0.25, 0.3) is 0 Å².